The number of anilines is 1. The van der Waals surface area contributed by atoms with Crippen molar-refractivity contribution in [3.63, 3.8) is 0 Å². The first-order valence-electron chi connectivity index (χ1n) is 6.18. The quantitative estimate of drug-likeness (QED) is 0.583. The van der Waals surface area contributed by atoms with Crippen LogP contribution >= 0.6 is 27.5 Å². The maximum Gasteiger partial charge on any atom is 0.312 e. The van der Waals surface area contributed by atoms with Gasteiger partial charge in [-0.25, -0.2) is 4.98 Å². The molecule has 2 aromatic rings. The van der Waals surface area contributed by atoms with E-state index in [1.165, 1.54) is 6.07 Å². The molecule has 0 fully saturated rings. The number of hydrogen-bond donors (Lipinski definition) is 0. The highest BCUT2D eigenvalue weighted by Crippen LogP contribution is 2.33. The van der Waals surface area contributed by atoms with Crippen LogP contribution in [0.4, 0.5) is 11.5 Å². The minimum atomic E-state index is -0.436. The van der Waals surface area contributed by atoms with E-state index in [4.69, 9.17) is 11.6 Å². The fourth-order valence-corrected chi connectivity index (χ4v) is 2.52. The lowest BCUT2D eigenvalue weighted by molar-refractivity contribution is -0.384. The Balaban J connectivity index is 2.40. The molecule has 0 amide bonds. The van der Waals surface area contributed by atoms with E-state index in [2.05, 4.69) is 20.9 Å². The van der Waals surface area contributed by atoms with Crippen LogP contribution in [0, 0.1) is 10.1 Å². The Labute approximate surface area is 135 Å². The van der Waals surface area contributed by atoms with Crippen LogP contribution in [0.2, 0.25) is 5.02 Å². The highest BCUT2D eigenvalue weighted by Gasteiger charge is 2.23. The molecule has 0 aliphatic rings. The van der Waals surface area contributed by atoms with Gasteiger partial charge in [-0.15, -0.1) is 0 Å². The number of pyridine rings is 1. The summed E-state index contributed by atoms with van der Waals surface area (Å²) in [4.78, 5) is 16.7. The molecule has 0 spiro atoms. The first kappa shape index (κ1) is 15.7. The van der Waals surface area contributed by atoms with Crippen LogP contribution in [0.5, 0.6) is 0 Å². The van der Waals surface area contributed by atoms with Crippen LogP contribution < -0.4 is 4.90 Å². The number of benzene rings is 1. The van der Waals surface area contributed by atoms with Gasteiger partial charge in [-0.2, -0.15) is 0 Å². The van der Waals surface area contributed by atoms with Crippen molar-refractivity contribution in [2.75, 3.05) is 11.9 Å². The van der Waals surface area contributed by atoms with Gasteiger partial charge in [0.15, 0.2) is 0 Å². The topological polar surface area (TPSA) is 59.3 Å². The third-order valence-electron chi connectivity index (χ3n) is 3.26. The molecule has 0 radical (unpaired) electrons. The molecule has 5 nitrogen and oxygen atoms in total. The molecule has 0 N–H and O–H groups in total. The Bertz CT molecular complexity index is 681. The molecule has 7 heteroatoms. The Morgan fingerprint density at radius 3 is 2.76 bits per heavy atom. The molecule has 1 aromatic carbocycles. The van der Waals surface area contributed by atoms with Gasteiger partial charge in [0, 0.05) is 28.8 Å². The van der Waals surface area contributed by atoms with Gasteiger partial charge < -0.3 is 4.90 Å². The van der Waals surface area contributed by atoms with E-state index in [1.807, 2.05) is 25.1 Å². The average molecular weight is 371 g/mol. The highest BCUT2D eigenvalue weighted by atomic mass is 79.9. The zero-order chi connectivity index (χ0) is 15.6. The zero-order valence-electron chi connectivity index (χ0n) is 11.5. The van der Waals surface area contributed by atoms with Gasteiger partial charge in [-0.3, -0.25) is 10.1 Å². The number of nitro groups is 1. The minimum absolute atomic E-state index is 0.0410. The van der Waals surface area contributed by atoms with Crippen molar-refractivity contribution in [1.82, 2.24) is 4.98 Å². The second kappa shape index (κ2) is 6.41. The van der Waals surface area contributed by atoms with E-state index in [1.54, 1.807) is 24.2 Å². The fourth-order valence-electron chi connectivity index (χ4n) is 2.00. The van der Waals surface area contributed by atoms with Gasteiger partial charge in [-0.1, -0.05) is 23.7 Å². The normalized spacial score (nSPS) is 12.0. The van der Waals surface area contributed by atoms with Crippen LogP contribution in [0.15, 0.2) is 41.0 Å². The molecule has 110 valence electrons. The Hall–Kier alpha value is -1.66. The van der Waals surface area contributed by atoms with Crippen molar-refractivity contribution < 1.29 is 4.92 Å². The van der Waals surface area contributed by atoms with Crippen LogP contribution in [0.3, 0.4) is 0 Å². The summed E-state index contributed by atoms with van der Waals surface area (Å²) in [6.07, 6.45) is 1.55. The monoisotopic (exact) mass is 369 g/mol. The number of aromatic nitrogens is 1. The number of hydrogen-bond acceptors (Lipinski definition) is 4. The maximum atomic E-state index is 11.2. The second-order valence-corrected chi connectivity index (χ2v) is 5.95. The summed E-state index contributed by atoms with van der Waals surface area (Å²) in [5, 5.41) is 11.8. The summed E-state index contributed by atoms with van der Waals surface area (Å²) >= 11 is 9.20. The fraction of sp³-hybridized carbons (Fsp3) is 0.214. The van der Waals surface area contributed by atoms with E-state index in [0.29, 0.717) is 15.3 Å². The Morgan fingerprint density at radius 2 is 2.14 bits per heavy atom. The summed E-state index contributed by atoms with van der Waals surface area (Å²) in [7, 11) is 1.77. The van der Waals surface area contributed by atoms with E-state index in [9.17, 15) is 10.1 Å². The van der Waals surface area contributed by atoms with Gasteiger partial charge in [0.1, 0.15) is 0 Å². The van der Waals surface area contributed by atoms with E-state index < -0.39 is 4.92 Å². The lowest BCUT2D eigenvalue weighted by Crippen LogP contribution is -2.23. The first-order valence-corrected chi connectivity index (χ1v) is 7.35. The van der Waals surface area contributed by atoms with Crippen LogP contribution in [0.1, 0.15) is 18.5 Å². The van der Waals surface area contributed by atoms with E-state index >= 15 is 0 Å². The summed E-state index contributed by atoms with van der Waals surface area (Å²) in [5.41, 5.74) is 0.921. The van der Waals surface area contributed by atoms with Gasteiger partial charge in [0.25, 0.3) is 0 Å². The molecule has 0 bridgehead atoms. The van der Waals surface area contributed by atoms with Gasteiger partial charge >= 0.3 is 5.69 Å². The maximum absolute atomic E-state index is 11.2. The largest absolute Gasteiger partial charge is 0.347 e. The van der Waals surface area contributed by atoms with Crippen molar-refractivity contribution in [2.45, 2.75) is 13.0 Å². The molecule has 1 unspecified atom stereocenters. The summed E-state index contributed by atoms with van der Waals surface area (Å²) in [5.74, 6) is 0.315. The summed E-state index contributed by atoms with van der Waals surface area (Å²) in [6, 6.07) is 8.76. The lowest BCUT2D eigenvalue weighted by Gasteiger charge is -2.26. The van der Waals surface area contributed by atoms with Crippen LogP contribution in [-0.2, 0) is 0 Å². The van der Waals surface area contributed by atoms with Crippen LogP contribution in [-0.4, -0.2) is 17.0 Å². The SMILES string of the molecule is CC(c1cccc(Cl)c1)N(C)c1ncc(Br)cc1[N+](=O)[O-]. The van der Waals surface area contributed by atoms with Crippen molar-refractivity contribution in [2.24, 2.45) is 0 Å². The molecular weight excluding hydrogens is 358 g/mol. The standard InChI is InChI=1S/C14H13BrClN3O2/c1-9(10-4-3-5-12(16)6-10)18(2)14-13(19(20)21)7-11(15)8-17-14/h3-9H,1-2H3. The summed E-state index contributed by atoms with van der Waals surface area (Å²) < 4.78 is 0.571. The first-order chi connectivity index (χ1) is 9.90. The average Bonchev–Trinajstić information content (AvgIpc) is 2.45. The van der Waals surface area contributed by atoms with Gasteiger partial charge in [0.2, 0.25) is 5.82 Å². The molecule has 0 aliphatic heterocycles. The summed E-state index contributed by atoms with van der Waals surface area (Å²) in [6.45, 7) is 1.94. The molecule has 0 saturated carbocycles. The van der Waals surface area contributed by atoms with Crippen molar-refractivity contribution >= 4 is 39.0 Å². The number of halogens is 2. The van der Waals surface area contributed by atoms with E-state index in [0.717, 1.165) is 5.56 Å². The molecular formula is C14H13BrClN3O2. The van der Waals surface area contributed by atoms with E-state index in [-0.39, 0.29) is 11.7 Å². The Morgan fingerprint density at radius 1 is 1.43 bits per heavy atom. The van der Waals surface area contributed by atoms with Crippen molar-refractivity contribution in [3.8, 4) is 0 Å². The smallest absolute Gasteiger partial charge is 0.312 e. The van der Waals surface area contributed by atoms with Crippen LogP contribution in [0.25, 0.3) is 0 Å². The van der Waals surface area contributed by atoms with Gasteiger partial charge in [-0.05, 0) is 40.5 Å². The van der Waals surface area contributed by atoms with Crippen molar-refractivity contribution in [1.29, 1.82) is 0 Å². The molecule has 21 heavy (non-hydrogen) atoms. The molecule has 0 aliphatic carbocycles. The third kappa shape index (κ3) is 3.51. The zero-order valence-corrected chi connectivity index (χ0v) is 13.8. The molecule has 0 saturated heterocycles. The third-order valence-corrected chi connectivity index (χ3v) is 3.93. The second-order valence-electron chi connectivity index (χ2n) is 4.60. The lowest BCUT2D eigenvalue weighted by atomic mass is 10.1. The van der Waals surface area contributed by atoms with Gasteiger partial charge in [0.05, 0.1) is 11.0 Å². The molecule has 2 rings (SSSR count). The number of nitrogens with zero attached hydrogens (tertiary/aromatic N) is 3. The molecule has 1 atom stereocenters. The highest BCUT2D eigenvalue weighted by molar-refractivity contribution is 9.10. The predicted molar refractivity (Wildman–Crippen MR) is 86.9 cm³/mol. The predicted octanol–water partition coefficient (Wildman–Crippen LogP) is 4.60. The molecule has 1 heterocycles. The van der Waals surface area contributed by atoms with Crippen molar-refractivity contribution in [3.05, 3.63) is 61.7 Å². The molecule has 1 aromatic heterocycles. The minimum Gasteiger partial charge on any atom is -0.347 e. The Kier molecular flexibility index (Phi) is 4.80. The number of rotatable bonds is 4.